The van der Waals surface area contributed by atoms with Crippen LogP contribution in [0.25, 0.3) is 16.7 Å². The predicted molar refractivity (Wildman–Crippen MR) is 95.1 cm³/mol. The van der Waals surface area contributed by atoms with Gasteiger partial charge in [0.15, 0.2) is 5.43 Å². The monoisotopic (exact) mass is 320 g/mol. The van der Waals surface area contributed by atoms with E-state index in [0.717, 1.165) is 47.6 Å². The van der Waals surface area contributed by atoms with E-state index in [1.165, 1.54) is 0 Å². The first-order valence-corrected chi connectivity index (χ1v) is 8.35. The second kappa shape index (κ2) is 5.78. The molecule has 0 spiro atoms. The Morgan fingerprint density at radius 3 is 2.96 bits per heavy atom. The lowest BCUT2D eigenvalue weighted by atomic mass is 9.86. The number of ether oxygens (including phenoxy) is 1. The van der Waals surface area contributed by atoms with Gasteiger partial charge in [-0.25, -0.2) is 4.98 Å². The van der Waals surface area contributed by atoms with E-state index in [1.54, 1.807) is 13.3 Å². The van der Waals surface area contributed by atoms with E-state index in [0.29, 0.717) is 11.3 Å². The average Bonchev–Trinajstić information content (AvgIpc) is 2.63. The molecule has 4 heteroatoms. The molecular formula is C20H20N2O2. The molecule has 1 atom stereocenters. The molecule has 4 rings (SSSR count). The zero-order valence-electron chi connectivity index (χ0n) is 14.0. The van der Waals surface area contributed by atoms with Crippen LogP contribution in [0, 0.1) is 5.92 Å². The van der Waals surface area contributed by atoms with Crippen LogP contribution in [0.15, 0.2) is 47.4 Å². The number of aromatic nitrogens is 2. The first-order valence-electron chi connectivity index (χ1n) is 8.35. The maximum absolute atomic E-state index is 12.9. The van der Waals surface area contributed by atoms with Crippen LogP contribution in [0.4, 0.5) is 0 Å². The van der Waals surface area contributed by atoms with E-state index in [2.05, 4.69) is 16.5 Å². The van der Waals surface area contributed by atoms with Gasteiger partial charge >= 0.3 is 0 Å². The van der Waals surface area contributed by atoms with Gasteiger partial charge in [-0.1, -0.05) is 13.0 Å². The summed E-state index contributed by atoms with van der Waals surface area (Å²) in [5, 5.41) is 0.688. The highest BCUT2D eigenvalue weighted by atomic mass is 16.5. The van der Waals surface area contributed by atoms with Crippen LogP contribution in [-0.2, 0) is 12.8 Å². The molecule has 0 radical (unpaired) electrons. The molecule has 1 unspecified atom stereocenters. The molecule has 0 bridgehead atoms. The van der Waals surface area contributed by atoms with E-state index >= 15 is 0 Å². The fraction of sp³-hybridized carbons (Fsp3) is 0.300. The maximum Gasteiger partial charge on any atom is 0.194 e. The first-order chi connectivity index (χ1) is 11.7. The largest absolute Gasteiger partial charge is 0.497 e. The molecule has 122 valence electrons. The quantitative estimate of drug-likeness (QED) is 0.725. The van der Waals surface area contributed by atoms with Crippen LogP contribution >= 0.6 is 0 Å². The number of pyridine rings is 2. The highest BCUT2D eigenvalue weighted by Crippen LogP contribution is 2.29. The molecule has 4 nitrogen and oxygen atoms in total. The first kappa shape index (κ1) is 14.9. The third kappa shape index (κ3) is 2.30. The van der Waals surface area contributed by atoms with E-state index in [9.17, 15) is 4.79 Å². The van der Waals surface area contributed by atoms with Crippen molar-refractivity contribution in [3.8, 4) is 11.4 Å². The van der Waals surface area contributed by atoms with E-state index in [-0.39, 0.29) is 5.43 Å². The lowest BCUT2D eigenvalue weighted by Crippen LogP contribution is -2.26. The lowest BCUT2D eigenvalue weighted by Gasteiger charge is -2.26. The highest BCUT2D eigenvalue weighted by molar-refractivity contribution is 5.78. The van der Waals surface area contributed by atoms with E-state index in [4.69, 9.17) is 4.74 Å². The SMILES string of the molecule is COc1cccc(-n2c3c(c(=O)c4cccnc42)CC(C)CC3)c1. The molecule has 2 heterocycles. The van der Waals surface area contributed by atoms with Crippen molar-refractivity contribution in [2.45, 2.75) is 26.2 Å². The molecule has 0 saturated heterocycles. The predicted octanol–water partition coefficient (Wildman–Crippen LogP) is 3.52. The summed E-state index contributed by atoms with van der Waals surface area (Å²) in [6.07, 6.45) is 4.57. The molecule has 0 N–H and O–H groups in total. The molecule has 1 aromatic carbocycles. The van der Waals surface area contributed by atoms with Crippen LogP contribution in [0.5, 0.6) is 5.75 Å². The molecule has 2 aromatic heterocycles. The van der Waals surface area contributed by atoms with Crippen molar-refractivity contribution in [3.63, 3.8) is 0 Å². The van der Waals surface area contributed by atoms with Crippen molar-refractivity contribution in [2.75, 3.05) is 7.11 Å². The molecule has 3 aromatic rings. The number of nitrogens with zero attached hydrogens (tertiary/aromatic N) is 2. The molecule has 0 fully saturated rings. The second-order valence-electron chi connectivity index (χ2n) is 6.51. The van der Waals surface area contributed by atoms with Crippen LogP contribution in [0.3, 0.4) is 0 Å². The summed E-state index contributed by atoms with van der Waals surface area (Å²) in [6, 6.07) is 11.6. The van der Waals surface area contributed by atoms with Crippen LogP contribution < -0.4 is 10.2 Å². The molecule has 1 aliphatic rings. The van der Waals surface area contributed by atoms with E-state index < -0.39 is 0 Å². The summed E-state index contributed by atoms with van der Waals surface area (Å²) < 4.78 is 7.52. The Kier molecular flexibility index (Phi) is 3.60. The second-order valence-corrected chi connectivity index (χ2v) is 6.51. The highest BCUT2D eigenvalue weighted by Gasteiger charge is 2.24. The fourth-order valence-electron chi connectivity index (χ4n) is 3.64. The summed E-state index contributed by atoms with van der Waals surface area (Å²) in [4.78, 5) is 17.5. The number of benzene rings is 1. The minimum absolute atomic E-state index is 0.138. The molecule has 0 amide bonds. The van der Waals surface area contributed by atoms with Crippen LogP contribution in [0.2, 0.25) is 0 Å². The van der Waals surface area contributed by atoms with Gasteiger partial charge in [0.25, 0.3) is 0 Å². The Morgan fingerprint density at radius 2 is 2.12 bits per heavy atom. The summed E-state index contributed by atoms with van der Waals surface area (Å²) >= 11 is 0. The zero-order valence-corrected chi connectivity index (χ0v) is 14.0. The van der Waals surface area contributed by atoms with Gasteiger partial charge in [-0.15, -0.1) is 0 Å². The minimum Gasteiger partial charge on any atom is -0.497 e. The molecule has 1 aliphatic carbocycles. The molecule has 0 saturated carbocycles. The lowest BCUT2D eigenvalue weighted by molar-refractivity contribution is 0.414. The summed E-state index contributed by atoms with van der Waals surface area (Å²) in [6.45, 7) is 2.21. The number of methoxy groups -OCH3 is 1. The molecule has 24 heavy (non-hydrogen) atoms. The summed E-state index contributed by atoms with van der Waals surface area (Å²) in [5.74, 6) is 1.34. The fourth-order valence-corrected chi connectivity index (χ4v) is 3.64. The Hall–Kier alpha value is -2.62. The Balaban J connectivity index is 2.10. The van der Waals surface area contributed by atoms with Crippen molar-refractivity contribution in [2.24, 2.45) is 5.92 Å². The number of hydrogen-bond acceptors (Lipinski definition) is 3. The third-order valence-corrected chi connectivity index (χ3v) is 4.87. The Bertz CT molecular complexity index is 975. The standard InChI is InChI=1S/C20H20N2O2/c1-13-8-9-18-17(11-13)19(23)16-7-4-10-21-20(16)22(18)14-5-3-6-15(12-14)24-2/h3-7,10,12-13H,8-9,11H2,1-2H3. The van der Waals surface area contributed by atoms with Crippen molar-refractivity contribution < 1.29 is 4.74 Å². The topological polar surface area (TPSA) is 44.1 Å². The Labute approximate surface area is 140 Å². The minimum atomic E-state index is 0.138. The van der Waals surface area contributed by atoms with Crippen LogP contribution in [-0.4, -0.2) is 16.7 Å². The summed E-state index contributed by atoms with van der Waals surface area (Å²) in [5.41, 5.74) is 3.89. The van der Waals surface area contributed by atoms with Crippen molar-refractivity contribution in [3.05, 3.63) is 64.1 Å². The van der Waals surface area contributed by atoms with Crippen molar-refractivity contribution >= 4 is 11.0 Å². The average molecular weight is 320 g/mol. The van der Waals surface area contributed by atoms with Crippen LogP contribution in [0.1, 0.15) is 24.6 Å². The zero-order chi connectivity index (χ0) is 16.7. The van der Waals surface area contributed by atoms with Crippen molar-refractivity contribution in [1.29, 1.82) is 0 Å². The van der Waals surface area contributed by atoms with Gasteiger partial charge < -0.3 is 4.74 Å². The van der Waals surface area contributed by atoms with Crippen molar-refractivity contribution in [1.82, 2.24) is 9.55 Å². The van der Waals surface area contributed by atoms with Gasteiger partial charge in [0.05, 0.1) is 18.2 Å². The number of rotatable bonds is 2. The van der Waals surface area contributed by atoms with Gasteiger partial charge in [0.1, 0.15) is 11.4 Å². The van der Waals surface area contributed by atoms with Gasteiger partial charge in [-0.3, -0.25) is 9.36 Å². The molecule has 0 aliphatic heterocycles. The Morgan fingerprint density at radius 1 is 1.25 bits per heavy atom. The normalized spacial score (nSPS) is 16.8. The van der Waals surface area contributed by atoms with Gasteiger partial charge in [0, 0.05) is 23.5 Å². The third-order valence-electron chi connectivity index (χ3n) is 4.87. The number of hydrogen-bond donors (Lipinski definition) is 0. The van der Waals surface area contributed by atoms with Gasteiger partial charge in [-0.05, 0) is 49.4 Å². The van der Waals surface area contributed by atoms with Gasteiger partial charge in [-0.2, -0.15) is 0 Å². The smallest absolute Gasteiger partial charge is 0.194 e. The maximum atomic E-state index is 12.9. The summed E-state index contributed by atoms with van der Waals surface area (Å²) in [7, 11) is 1.66. The molecular weight excluding hydrogens is 300 g/mol. The van der Waals surface area contributed by atoms with Gasteiger partial charge in [0.2, 0.25) is 0 Å². The van der Waals surface area contributed by atoms with E-state index in [1.807, 2.05) is 36.4 Å². The number of fused-ring (bicyclic) bond motifs is 2.